The molecular formula is C20H18ClNO3. The van der Waals surface area contributed by atoms with Crippen molar-refractivity contribution >= 4 is 28.5 Å². The summed E-state index contributed by atoms with van der Waals surface area (Å²) in [6, 6.07) is 15.1. The molecule has 0 saturated carbocycles. The normalized spacial score (nSPS) is 10.8. The number of alkyl halides is 1. The molecular weight excluding hydrogens is 338 g/mol. The van der Waals surface area contributed by atoms with Crippen molar-refractivity contribution in [3.8, 4) is 0 Å². The van der Waals surface area contributed by atoms with Gasteiger partial charge < -0.3 is 9.32 Å². The van der Waals surface area contributed by atoms with E-state index in [1.807, 2.05) is 43.3 Å². The van der Waals surface area contributed by atoms with E-state index in [4.69, 9.17) is 16.0 Å². The molecule has 3 aromatic rings. The van der Waals surface area contributed by atoms with Crippen LogP contribution in [-0.2, 0) is 17.9 Å². The third kappa shape index (κ3) is 3.91. The van der Waals surface area contributed by atoms with Gasteiger partial charge in [0.15, 0.2) is 5.43 Å². The summed E-state index contributed by atoms with van der Waals surface area (Å²) in [5.74, 6) is -0.362. The molecule has 3 rings (SSSR count). The van der Waals surface area contributed by atoms with Crippen molar-refractivity contribution in [1.82, 2.24) is 4.90 Å². The number of rotatable bonds is 5. The van der Waals surface area contributed by atoms with Crippen molar-refractivity contribution < 1.29 is 9.21 Å². The van der Waals surface area contributed by atoms with Crippen LogP contribution in [0.15, 0.2) is 64.0 Å². The lowest BCUT2D eigenvalue weighted by atomic mass is 10.1. The van der Waals surface area contributed by atoms with Crippen LogP contribution in [0.5, 0.6) is 0 Å². The van der Waals surface area contributed by atoms with Gasteiger partial charge in [0.1, 0.15) is 11.5 Å². The van der Waals surface area contributed by atoms with Crippen LogP contribution >= 0.6 is 11.6 Å². The fraction of sp³-hybridized carbons (Fsp3) is 0.200. The van der Waals surface area contributed by atoms with E-state index < -0.39 is 0 Å². The molecule has 1 amide bonds. The molecule has 0 radical (unpaired) electrons. The fourth-order valence-electron chi connectivity index (χ4n) is 2.72. The Balaban J connectivity index is 1.94. The zero-order valence-corrected chi connectivity index (χ0v) is 14.6. The van der Waals surface area contributed by atoms with Gasteiger partial charge in [0, 0.05) is 6.54 Å². The first-order valence-corrected chi connectivity index (χ1v) is 8.50. The third-order valence-corrected chi connectivity index (χ3v) is 4.27. The van der Waals surface area contributed by atoms with Crippen molar-refractivity contribution in [2.24, 2.45) is 0 Å². The van der Waals surface area contributed by atoms with Crippen molar-refractivity contribution in [2.75, 3.05) is 5.88 Å². The first kappa shape index (κ1) is 17.2. The highest BCUT2D eigenvalue weighted by atomic mass is 35.5. The highest BCUT2D eigenvalue weighted by Crippen LogP contribution is 2.15. The van der Waals surface area contributed by atoms with Crippen molar-refractivity contribution in [1.29, 1.82) is 0 Å². The molecule has 1 aromatic heterocycles. The second-order valence-electron chi connectivity index (χ2n) is 5.96. The van der Waals surface area contributed by atoms with E-state index in [1.54, 1.807) is 17.0 Å². The molecule has 0 saturated heterocycles. The zero-order chi connectivity index (χ0) is 17.8. The zero-order valence-electron chi connectivity index (χ0n) is 13.9. The van der Waals surface area contributed by atoms with E-state index in [9.17, 15) is 9.59 Å². The van der Waals surface area contributed by atoms with Crippen LogP contribution in [0.3, 0.4) is 0 Å². The molecule has 0 aliphatic heterocycles. The lowest BCUT2D eigenvalue weighted by Crippen LogP contribution is -2.32. The topological polar surface area (TPSA) is 50.5 Å². The number of hydrogen-bond donors (Lipinski definition) is 0. The molecule has 1 heterocycles. The molecule has 0 aliphatic carbocycles. The maximum atomic E-state index is 12.7. The Morgan fingerprint density at radius 2 is 1.88 bits per heavy atom. The number of hydrogen-bond acceptors (Lipinski definition) is 3. The van der Waals surface area contributed by atoms with Crippen LogP contribution in [0.2, 0.25) is 0 Å². The minimum atomic E-state index is -0.228. The van der Waals surface area contributed by atoms with Crippen molar-refractivity contribution in [3.63, 3.8) is 0 Å². The molecule has 0 N–H and O–H groups in total. The number of fused-ring (bicyclic) bond motifs is 1. The predicted octanol–water partition coefficient (Wildman–Crippen LogP) is 3.87. The summed E-state index contributed by atoms with van der Waals surface area (Å²) in [6.07, 6.45) is 1.43. The van der Waals surface area contributed by atoms with Gasteiger partial charge >= 0.3 is 0 Å². The van der Waals surface area contributed by atoms with E-state index in [0.717, 1.165) is 11.1 Å². The lowest BCUT2D eigenvalue weighted by Gasteiger charge is -2.21. The van der Waals surface area contributed by atoms with Gasteiger partial charge in [-0.1, -0.05) is 42.0 Å². The van der Waals surface area contributed by atoms with Crippen LogP contribution in [0.25, 0.3) is 11.0 Å². The van der Waals surface area contributed by atoms with Crippen LogP contribution in [0.4, 0.5) is 0 Å². The molecule has 0 spiro atoms. The van der Waals surface area contributed by atoms with Crippen LogP contribution in [0.1, 0.15) is 16.7 Å². The molecule has 0 fully saturated rings. The van der Waals surface area contributed by atoms with Gasteiger partial charge in [-0.05, 0) is 24.6 Å². The smallest absolute Gasteiger partial charge is 0.238 e. The van der Waals surface area contributed by atoms with Gasteiger partial charge in [0.05, 0.1) is 23.8 Å². The lowest BCUT2D eigenvalue weighted by molar-refractivity contribution is -0.129. The third-order valence-electron chi connectivity index (χ3n) is 4.04. The Hall–Kier alpha value is -2.59. The summed E-state index contributed by atoms with van der Waals surface area (Å²) in [7, 11) is 0. The highest BCUT2D eigenvalue weighted by molar-refractivity contribution is 6.27. The Morgan fingerprint density at radius 1 is 1.12 bits per heavy atom. The second kappa shape index (κ2) is 7.53. The molecule has 0 atom stereocenters. The van der Waals surface area contributed by atoms with Gasteiger partial charge in [-0.25, -0.2) is 0 Å². The van der Waals surface area contributed by atoms with Gasteiger partial charge in [0.2, 0.25) is 5.91 Å². The highest BCUT2D eigenvalue weighted by Gasteiger charge is 2.17. The predicted molar refractivity (Wildman–Crippen MR) is 98.6 cm³/mol. The molecule has 2 aromatic carbocycles. The summed E-state index contributed by atoms with van der Waals surface area (Å²) in [5.41, 5.74) is 2.81. The number of carbonyl (C=O) groups excluding carboxylic acids is 1. The summed E-state index contributed by atoms with van der Waals surface area (Å²) in [4.78, 5) is 26.5. The SMILES string of the molecule is Cc1ccc2occ(CN(Cc3ccccc3)C(=O)CCl)c(=O)c2c1. The number of amides is 1. The maximum Gasteiger partial charge on any atom is 0.238 e. The summed E-state index contributed by atoms with van der Waals surface area (Å²) in [6.45, 7) is 2.47. The average molecular weight is 356 g/mol. The Morgan fingerprint density at radius 3 is 2.60 bits per heavy atom. The molecule has 25 heavy (non-hydrogen) atoms. The van der Waals surface area contributed by atoms with Crippen molar-refractivity contribution in [2.45, 2.75) is 20.0 Å². The number of aryl methyl sites for hydroxylation is 1. The van der Waals surface area contributed by atoms with Crippen molar-refractivity contribution in [3.05, 3.63) is 81.7 Å². The van der Waals surface area contributed by atoms with E-state index in [2.05, 4.69) is 0 Å². The van der Waals surface area contributed by atoms with Gasteiger partial charge in [0.25, 0.3) is 0 Å². The van der Waals surface area contributed by atoms with E-state index in [-0.39, 0.29) is 23.8 Å². The van der Waals surface area contributed by atoms with E-state index >= 15 is 0 Å². The summed E-state index contributed by atoms with van der Waals surface area (Å²) in [5, 5.41) is 0.524. The van der Waals surface area contributed by atoms with Gasteiger partial charge in [-0.15, -0.1) is 11.6 Å². The Bertz CT molecular complexity index is 950. The van der Waals surface area contributed by atoms with Crippen LogP contribution in [-0.4, -0.2) is 16.7 Å². The minimum Gasteiger partial charge on any atom is -0.464 e. The minimum absolute atomic E-state index is 0.120. The van der Waals surface area contributed by atoms with E-state index in [0.29, 0.717) is 23.1 Å². The molecule has 0 bridgehead atoms. The number of benzene rings is 2. The Kier molecular flexibility index (Phi) is 5.19. The van der Waals surface area contributed by atoms with Crippen LogP contribution in [0, 0.1) is 6.92 Å². The first-order valence-electron chi connectivity index (χ1n) is 7.97. The number of carbonyl (C=O) groups is 1. The molecule has 0 unspecified atom stereocenters. The molecule has 5 heteroatoms. The van der Waals surface area contributed by atoms with Gasteiger partial charge in [-0.2, -0.15) is 0 Å². The Labute approximate surface area is 150 Å². The standard InChI is InChI=1S/C20H18ClNO3/c1-14-7-8-18-17(9-14)20(24)16(13-25-18)12-22(19(23)10-21)11-15-5-3-2-4-6-15/h2-9,13H,10-12H2,1H3. The largest absolute Gasteiger partial charge is 0.464 e. The fourth-order valence-corrected chi connectivity index (χ4v) is 2.89. The molecule has 128 valence electrons. The molecule has 4 nitrogen and oxygen atoms in total. The number of halogens is 1. The first-order chi connectivity index (χ1) is 12.1. The molecule has 0 aliphatic rings. The quantitative estimate of drug-likeness (QED) is 0.653. The van der Waals surface area contributed by atoms with E-state index in [1.165, 1.54) is 6.26 Å². The van der Waals surface area contributed by atoms with Gasteiger partial charge in [-0.3, -0.25) is 9.59 Å². The second-order valence-corrected chi connectivity index (χ2v) is 6.23. The number of nitrogens with zero attached hydrogens (tertiary/aromatic N) is 1. The average Bonchev–Trinajstić information content (AvgIpc) is 2.64. The maximum absolute atomic E-state index is 12.7. The summed E-state index contributed by atoms with van der Waals surface area (Å²) < 4.78 is 5.57. The monoisotopic (exact) mass is 355 g/mol. The van der Waals surface area contributed by atoms with Crippen LogP contribution < -0.4 is 5.43 Å². The summed E-state index contributed by atoms with van der Waals surface area (Å²) >= 11 is 5.74.